The van der Waals surface area contributed by atoms with E-state index < -0.39 is 64.9 Å². The largest absolute Gasteiger partial charge is 0.477 e. The molecule has 3 aromatic carbocycles. The minimum absolute atomic E-state index is 0.0672. The number of aromatic nitrogens is 3. The molecule has 308 valence electrons. The van der Waals surface area contributed by atoms with Crippen molar-refractivity contribution in [3.8, 4) is 22.5 Å². The number of aliphatic carboxylic acids is 1. The number of anilines is 1. The first-order valence-electron chi connectivity index (χ1n) is 18.3. The maximum absolute atomic E-state index is 14.2. The normalized spacial score (nSPS) is 16.5. The van der Waals surface area contributed by atoms with E-state index in [9.17, 15) is 41.5 Å². The van der Waals surface area contributed by atoms with Crippen LogP contribution in [0.25, 0.3) is 22.5 Å². The molecule has 1 aliphatic carbocycles. The number of aromatic amines is 1. The predicted octanol–water partition coefficient (Wildman–Crippen LogP) is 6.05. The van der Waals surface area contributed by atoms with Gasteiger partial charge in [-0.1, -0.05) is 42.5 Å². The molecule has 4 amide bonds. The Morgan fingerprint density at radius 1 is 0.897 bits per heavy atom. The van der Waals surface area contributed by atoms with Gasteiger partial charge in [-0.25, -0.2) is 14.6 Å². The van der Waals surface area contributed by atoms with Crippen LogP contribution >= 0.6 is 0 Å². The SMILES string of the molecule is CC(C)(C)OC(=O)NCC1CCC(C(=O)NC(Cc2ccc(-c3ccccc3C(N)=O)cc2)C(=O)Nc2ccc(-c3n[nH]c(C(F)(F)C(F)(F)C(=O)O)n3)cc2)CC1. The average molecular weight is 810 g/mol. The van der Waals surface area contributed by atoms with E-state index in [0.717, 1.165) is 0 Å². The molecule has 1 aromatic heterocycles. The zero-order valence-corrected chi connectivity index (χ0v) is 31.8. The quantitative estimate of drug-likeness (QED) is 0.0817. The molecule has 1 heterocycles. The first-order valence-corrected chi connectivity index (χ1v) is 18.3. The van der Waals surface area contributed by atoms with Gasteiger partial charge in [0.05, 0.1) is 0 Å². The van der Waals surface area contributed by atoms with Crippen molar-refractivity contribution < 1.29 is 51.4 Å². The Kier molecular flexibility index (Phi) is 12.9. The van der Waals surface area contributed by atoms with Crippen LogP contribution in [0.4, 0.5) is 28.0 Å². The first kappa shape index (κ1) is 42.8. The Morgan fingerprint density at radius 2 is 1.52 bits per heavy atom. The van der Waals surface area contributed by atoms with Gasteiger partial charge in [0, 0.05) is 35.7 Å². The van der Waals surface area contributed by atoms with Crippen LogP contribution in [0, 0.1) is 11.8 Å². The number of rotatable bonds is 14. The van der Waals surface area contributed by atoms with E-state index in [1.807, 2.05) is 0 Å². The summed E-state index contributed by atoms with van der Waals surface area (Å²) in [5, 5.41) is 22.2. The maximum Gasteiger partial charge on any atom is 0.411 e. The summed E-state index contributed by atoms with van der Waals surface area (Å²) in [4.78, 5) is 65.7. The number of carboxylic acids is 1. The van der Waals surface area contributed by atoms with Crippen molar-refractivity contribution in [2.24, 2.45) is 17.6 Å². The fraction of sp³-hybridized carbons (Fsp3) is 0.375. The van der Waals surface area contributed by atoms with Crippen molar-refractivity contribution in [2.45, 2.75) is 76.4 Å². The van der Waals surface area contributed by atoms with Gasteiger partial charge >= 0.3 is 23.9 Å². The summed E-state index contributed by atoms with van der Waals surface area (Å²) in [7, 11) is 0. The van der Waals surface area contributed by atoms with Crippen molar-refractivity contribution in [3.05, 3.63) is 89.7 Å². The standard InChI is InChI=1S/C40H43F4N7O7/c1-38(2,3)58-37(57)46-21-23-10-14-26(15-11-23)33(53)48-30(20-22-8-12-24(13-9-22)28-6-4-5-7-29(28)31(45)52)34(54)47-27-18-16-25(17-19-27)32-49-35(51-50-32)39(41,42)40(43,44)36(55)56/h4-9,12-13,16-19,23,26,30H,10-11,14-15,20-21H2,1-3H3,(H2,45,52)(H,46,57)(H,47,54)(H,48,53)(H,55,56)(H,49,50,51). The predicted molar refractivity (Wildman–Crippen MR) is 203 cm³/mol. The number of alkyl halides is 4. The van der Waals surface area contributed by atoms with E-state index in [0.29, 0.717) is 54.5 Å². The smallest absolute Gasteiger partial charge is 0.411 e. The van der Waals surface area contributed by atoms with Crippen LogP contribution in [0.1, 0.15) is 68.2 Å². The molecular weight excluding hydrogens is 766 g/mol. The molecule has 18 heteroatoms. The number of amides is 4. The number of carbonyl (C=O) groups excluding carboxylic acids is 4. The molecule has 1 unspecified atom stereocenters. The maximum atomic E-state index is 14.2. The van der Waals surface area contributed by atoms with Crippen molar-refractivity contribution in [1.82, 2.24) is 25.8 Å². The van der Waals surface area contributed by atoms with Gasteiger partial charge in [-0.15, -0.1) is 0 Å². The van der Waals surface area contributed by atoms with Crippen molar-refractivity contribution >= 4 is 35.5 Å². The zero-order valence-electron chi connectivity index (χ0n) is 31.8. The molecule has 1 aliphatic rings. The summed E-state index contributed by atoms with van der Waals surface area (Å²) >= 11 is 0. The van der Waals surface area contributed by atoms with Gasteiger partial charge < -0.3 is 31.5 Å². The monoisotopic (exact) mass is 809 g/mol. The molecule has 0 aliphatic heterocycles. The van der Waals surface area contributed by atoms with Gasteiger partial charge in [0.25, 0.3) is 0 Å². The zero-order chi connectivity index (χ0) is 42.4. The molecule has 4 aromatic rings. The average Bonchev–Trinajstić information content (AvgIpc) is 3.68. The van der Waals surface area contributed by atoms with E-state index in [-0.39, 0.29) is 29.5 Å². The van der Waals surface area contributed by atoms with E-state index in [1.54, 1.807) is 74.4 Å². The number of ether oxygens (including phenoxy) is 1. The fourth-order valence-electron chi connectivity index (χ4n) is 6.42. The minimum atomic E-state index is -5.46. The number of carboxylic acid groups (broad SMARTS) is 1. The second-order valence-electron chi connectivity index (χ2n) is 15.0. The lowest BCUT2D eigenvalue weighted by atomic mass is 9.81. The Morgan fingerprint density at radius 3 is 2.12 bits per heavy atom. The second-order valence-corrected chi connectivity index (χ2v) is 15.0. The number of H-pyrrole nitrogens is 1. The van der Waals surface area contributed by atoms with E-state index in [1.165, 1.54) is 24.3 Å². The number of nitrogens with zero attached hydrogens (tertiary/aromatic N) is 2. The van der Waals surface area contributed by atoms with Crippen LogP contribution in [0.2, 0.25) is 0 Å². The van der Waals surface area contributed by atoms with Crippen LogP contribution in [-0.4, -0.2) is 74.2 Å². The second kappa shape index (κ2) is 17.4. The first-order chi connectivity index (χ1) is 27.2. The van der Waals surface area contributed by atoms with Gasteiger partial charge in [-0.2, -0.15) is 22.7 Å². The Bertz CT molecular complexity index is 2130. The van der Waals surface area contributed by atoms with Crippen LogP contribution in [0.3, 0.4) is 0 Å². The molecule has 1 saturated carbocycles. The van der Waals surface area contributed by atoms with Crippen LogP contribution in [-0.2, 0) is 31.5 Å². The highest BCUT2D eigenvalue weighted by Gasteiger charge is 2.65. The van der Waals surface area contributed by atoms with Gasteiger partial charge in [0.15, 0.2) is 5.82 Å². The molecule has 7 N–H and O–H groups in total. The third-order valence-electron chi connectivity index (χ3n) is 9.54. The van der Waals surface area contributed by atoms with Crippen molar-refractivity contribution in [1.29, 1.82) is 0 Å². The number of hydrogen-bond donors (Lipinski definition) is 6. The van der Waals surface area contributed by atoms with E-state index in [2.05, 4.69) is 26.0 Å². The number of nitrogens with one attached hydrogen (secondary N) is 4. The van der Waals surface area contributed by atoms with Crippen molar-refractivity contribution in [3.63, 3.8) is 0 Å². The van der Waals surface area contributed by atoms with Gasteiger partial charge in [-0.05, 0) is 99.4 Å². The molecule has 58 heavy (non-hydrogen) atoms. The van der Waals surface area contributed by atoms with Crippen LogP contribution in [0.15, 0.2) is 72.8 Å². The Hall–Kier alpha value is -6.33. The molecule has 0 bridgehead atoms. The molecule has 0 radical (unpaired) electrons. The van der Waals surface area contributed by atoms with Crippen LogP contribution in [0.5, 0.6) is 0 Å². The highest BCUT2D eigenvalue weighted by molar-refractivity contribution is 6.00. The van der Waals surface area contributed by atoms with Gasteiger partial charge in [-0.3, -0.25) is 19.5 Å². The topological polar surface area (TPSA) is 218 Å². The van der Waals surface area contributed by atoms with Crippen molar-refractivity contribution in [2.75, 3.05) is 11.9 Å². The minimum Gasteiger partial charge on any atom is -0.477 e. The van der Waals surface area contributed by atoms with Gasteiger partial charge in [0.1, 0.15) is 11.6 Å². The summed E-state index contributed by atoms with van der Waals surface area (Å²) < 4.78 is 61.2. The molecule has 14 nitrogen and oxygen atoms in total. The van der Waals surface area contributed by atoms with E-state index >= 15 is 0 Å². The Balaban J connectivity index is 1.29. The molecule has 0 spiro atoms. The van der Waals surface area contributed by atoms with E-state index in [4.69, 9.17) is 15.6 Å². The highest BCUT2D eigenvalue weighted by Crippen LogP contribution is 2.42. The number of nitrogens with two attached hydrogens (primary N) is 1. The summed E-state index contributed by atoms with van der Waals surface area (Å²) in [6.07, 6.45) is 1.93. The molecule has 5 rings (SSSR count). The fourth-order valence-corrected chi connectivity index (χ4v) is 6.42. The summed E-state index contributed by atoms with van der Waals surface area (Å²) in [6, 6.07) is 18.2. The summed E-state index contributed by atoms with van der Waals surface area (Å²) in [6.45, 7) is 5.71. The number of halogens is 4. The number of carbonyl (C=O) groups is 5. The highest BCUT2D eigenvalue weighted by atomic mass is 19.3. The lowest BCUT2D eigenvalue weighted by Crippen LogP contribution is -2.48. The molecule has 0 saturated heterocycles. The molecular formula is C40H43F4N7O7. The van der Waals surface area contributed by atoms with Crippen LogP contribution < -0.4 is 21.7 Å². The summed E-state index contributed by atoms with van der Waals surface area (Å²) in [5.41, 5.74) is 7.58. The Labute approximate surface area is 330 Å². The molecule has 1 fully saturated rings. The number of alkyl carbamates (subject to hydrolysis) is 1. The number of primary amides is 1. The van der Waals surface area contributed by atoms with Gasteiger partial charge in [0.2, 0.25) is 23.5 Å². The lowest BCUT2D eigenvalue weighted by molar-refractivity contribution is -0.231. The lowest BCUT2D eigenvalue weighted by Gasteiger charge is -2.29. The number of benzene rings is 3. The summed E-state index contributed by atoms with van der Waals surface area (Å²) in [5.74, 6) is -17.5. The molecule has 1 atom stereocenters. The third-order valence-corrected chi connectivity index (χ3v) is 9.54. The number of hydrogen-bond acceptors (Lipinski definition) is 8. The third kappa shape index (κ3) is 10.3.